The molecule has 1 heterocycles. The second-order valence-electron chi connectivity index (χ2n) is 7.42. The van der Waals surface area contributed by atoms with Gasteiger partial charge >= 0.3 is 11.9 Å². The number of thiophene rings is 1. The highest BCUT2D eigenvalue weighted by Gasteiger charge is 2.33. The van der Waals surface area contributed by atoms with Crippen LogP contribution in [0.2, 0.25) is 0 Å². The van der Waals surface area contributed by atoms with Crippen molar-refractivity contribution in [2.45, 2.75) is 59.0 Å². The quantitative estimate of drug-likeness (QED) is 0.498. The summed E-state index contributed by atoms with van der Waals surface area (Å²) < 4.78 is 10.6. The molecule has 6 heteroatoms. The summed E-state index contributed by atoms with van der Waals surface area (Å²) in [5.41, 5.74) is 0. The van der Waals surface area contributed by atoms with Gasteiger partial charge in [-0.2, -0.15) is 0 Å². The Kier molecular flexibility index (Phi) is 7.82. The van der Waals surface area contributed by atoms with Crippen molar-refractivity contribution in [2.75, 3.05) is 6.61 Å². The molecular weight excluding hydrogens is 352 g/mol. The van der Waals surface area contributed by atoms with Gasteiger partial charge in [0.15, 0.2) is 12.4 Å². The predicted octanol–water partition coefficient (Wildman–Crippen LogP) is 4.26. The zero-order valence-electron chi connectivity index (χ0n) is 15.7. The van der Waals surface area contributed by atoms with Crippen LogP contribution in [-0.2, 0) is 19.1 Å². The van der Waals surface area contributed by atoms with Crippen LogP contribution in [0, 0.1) is 17.8 Å². The summed E-state index contributed by atoms with van der Waals surface area (Å²) >= 11 is 1.35. The molecule has 1 aliphatic carbocycles. The Morgan fingerprint density at radius 1 is 1.19 bits per heavy atom. The Morgan fingerprint density at radius 3 is 2.62 bits per heavy atom. The minimum atomic E-state index is -0.552. The van der Waals surface area contributed by atoms with Gasteiger partial charge in [-0.25, -0.2) is 4.79 Å². The monoisotopic (exact) mass is 380 g/mol. The number of ketones is 1. The maximum absolute atomic E-state index is 12.1. The Bertz CT molecular complexity index is 608. The molecule has 0 aliphatic heterocycles. The van der Waals surface area contributed by atoms with E-state index >= 15 is 0 Å². The molecule has 0 N–H and O–H groups in total. The molecule has 3 atom stereocenters. The number of Topliss-reactive ketones (excluding diaryl/α,β-unsaturated/α-hetero) is 1. The Balaban J connectivity index is 1.71. The summed E-state index contributed by atoms with van der Waals surface area (Å²) in [6, 6.07) is 3.52. The smallest absolute Gasteiger partial charge is 0.344 e. The summed E-state index contributed by atoms with van der Waals surface area (Å²) in [5.74, 6) is 0.196. The summed E-state index contributed by atoms with van der Waals surface area (Å²) in [6.45, 7) is 6.07. The van der Waals surface area contributed by atoms with E-state index in [2.05, 4.69) is 20.8 Å². The fourth-order valence-electron chi connectivity index (χ4n) is 3.44. The zero-order valence-corrected chi connectivity index (χ0v) is 16.6. The first kappa shape index (κ1) is 20.6. The van der Waals surface area contributed by atoms with Gasteiger partial charge < -0.3 is 9.47 Å². The van der Waals surface area contributed by atoms with E-state index in [1.165, 1.54) is 11.3 Å². The highest BCUT2D eigenvalue weighted by molar-refractivity contribution is 7.12. The maximum atomic E-state index is 12.1. The highest BCUT2D eigenvalue weighted by atomic mass is 32.1. The van der Waals surface area contributed by atoms with Crippen LogP contribution in [-0.4, -0.2) is 30.4 Å². The largest absolute Gasteiger partial charge is 0.460 e. The average molecular weight is 381 g/mol. The van der Waals surface area contributed by atoms with Gasteiger partial charge in [0, 0.05) is 6.42 Å². The van der Waals surface area contributed by atoms with Crippen molar-refractivity contribution in [1.82, 2.24) is 0 Å². The minimum Gasteiger partial charge on any atom is -0.460 e. The standard InChI is InChI=1S/C20H28O5S/c1-13(2)15-7-6-14(3)11-17(15)25-20(23)12-24-19(22)9-8-16(21)18-5-4-10-26-18/h4-5,10,13-15,17H,6-9,11-12H2,1-3H3/t14-,15-,17-/m1/s1. The lowest BCUT2D eigenvalue weighted by Gasteiger charge is -2.36. The minimum absolute atomic E-state index is 0.0287. The van der Waals surface area contributed by atoms with Crippen molar-refractivity contribution in [3.8, 4) is 0 Å². The second kappa shape index (κ2) is 9.86. The lowest BCUT2D eigenvalue weighted by molar-refractivity contribution is -0.167. The molecule has 5 nitrogen and oxygen atoms in total. The van der Waals surface area contributed by atoms with Gasteiger partial charge in [-0.3, -0.25) is 9.59 Å². The van der Waals surface area contributed by atoms with Crippen molar-refractivity contribution in [3.05, 3.63) is 22.4 Å². The van der Waals surface area contributed by atoms with Crippen molar-refractivity contribution >= 4 is 29.1 Å². The molecule has 0 amide bonds. The van der Waals surface area contributed by atoms with E-state index in [1.807, 2.05) is 5.38 Å². The number of ether oxygens (including phenoxy) is 2. The summed E-state index contributed by atoms with van der Waals surface area (Å²) in [4.78, 5) is 36.3. The molecule has 2 rings (SSSR count). The van der Waals surface area contributed by atoms with Gasteiger partial charge in [-0.1, -0.05) is 33.3 Å². The molecule has 1 aromatic rings. The van der Waals surface area contributed by atoms with E-state index in [0.29, 0.717) is 22.6 Å². The van der Waals surface area contributed by atoms with Gasteiger partial charge in [0.05, 0.1) is 11.3 Å². The predicted molar refractivity (Wildman–Crippen MR) is 100 cm³/mol. The first-order valence-corrected chi connectivity index (χ1v) is 10.2. The number of carbonyl (C=O) groups is 3. The lowest BCUT2D eigenvalue weighted by Crippen LogP contribution is -2.36. The van der Waals surface area contributed by atoms with Crippen LogP contribution < -0.4 is 0 Å². The molecule has 1 aromatic heterocycles. The van der Waals surface area contributed by atoms with E-state index in [1.54, 1.807) is 12.1 Å². The third-order valence-corrected chi connectivity index (χ3v) is 5.86. The topological polar surface area (TPSA) is 69.7 Å². The number of hydrogen-bond donors (Lipinski definition) is 0. The maximum Gasteiger partial charge on any atom is 0.344 e. The Morgan fingerprint density at radius 2 is 1.96 bits per heavy atom. The van der Waals surface area contributed by atoms with Gasteiger partial charge in [0.1, 0.15) is 6.10 Å². The van der Waals surface area contributed by atoms with Crippen molar-refractivity contribution in [2.24, 2.45) is 17.8 Å². The summed E-state index contributed by atoms with van der Waals surface area (Å²) in [7, 11) is 0. The van der Waals surface area contributed by atoms with E-state index in [9.17, 15) is 14.4 Å². The molecule has 0 bridgehead atoms. The first-order valence-electron chi connectivity index (χ1n) is 9.28. The average Bonchev–Trinajstić information content (AvgIpc) is 3.12. The van der Waals surface area contributed by atoms with E-state index in [0.717, 1.165) is 19.3 Å². The van der Waals surface area contributed by atoms with Gasteiger partial charge in [0.2, 0.25) is 0 Å². The Hall–Kier alpha value is -1.69. The molecule has 1 aliphatic rings. The molecule has 0 aromatic carbocycles. The normalized spacial score (nSPS) is 22.8. The van der Waals surface area contributed by atoms with Crippen LogP contribution in [0.25, 0.3) is 0 Å². The van der Waals surface area contributed by atoms with E-state index < -0.39 is 11.9 Å². The molecule has 26 heavy (non-hydrogen) atoms. The molecule has 0 radical (unpaired) electrons. The molecule has 0 spiro atoms. The van der Waals surface area contributed by atoms with Crippen LogP contribution in [0.1, 0.15) is 62.5 Å². The van der Waals surface area contributed by atoms with E-state index in [4.69, 9.17) is 9.47 Å². The molecule has 0 unspecified atom stereocenters. The fourth-order valence-corrected chi connectivity index (χ4v) is 4.14. The fraction of sp³-hybridized carbons (Fsp3) is 0.650. The first-order chi connectivity index (χ1) is 12.4. The van der Waals surface area contributed by atoms with Crippen molar-refractivity contribution < 1.29 is 23.9 Å². The number of hydrogen-bond acceptors (Lipinski definition) is 6. The molecule has 144 valence electrons. The SMILES string of the molecule is CC(C)[C@H]1CC[C@@H](C)C[C@H]1OC(=O)COC(=O)CCC(=O)c1cccs1. The van der Waals surface area contributed by atoms with Crippen LogP contribution >= 0.6 is 11.3 Å². The van der Waals surface area contributed by atoms with Crippen LogP contribution in [0.15, 0.2) is 17.5 Å². The van der Waals surface area contributed by atoms with Gasteiger partial charge in [-0.15, -0.1) is 11.3 Å². The molecular formula is C20H28O5S. The number of carbonyl (C=O) groups excluding carboxylic acids is 3. The van der Waals surface area contributed by atoms with Gasteiger partial charge in [0.25, 0.3) is 0 Å². The van der Waals surface area contributed by atoms with E-state index in [-0.39, 0.29) is 31.3 Å². The molecule has 0 saturated heterocycles. The molecule has 1 saturated carbocycles. The number of rotatable bonds is 8. The zero-order chi connectivity index (χ0) is 19.1. The lowest BCUT2D eigenvalue weighted by atomic mass is 9.75. The van der Waals surface area contributed by atoms with Gasteiger partial charge in [-0.05, 0) is 42.0 Å². The van der Waals surface area contributed by atoms with Crippen LogP contribution in [0.5, 0.6) is 0 Å². The van der Waals surface area contributed by atoms with Crippen LogP contribution in [0.4, 0.5) is 0 Å². The molecule has 1 fully saturated rings. The Labute approximate surface area is 159 Å². The third-order valence-electron chi connectivity index (χ3n) is 4.95. The second-order valence-corrected chi connectivity index (χ2v) is 8.36. The highest BCUT2D eigenvalue weighted by Crippen LogP contribution is 2.35. The van der Waals surface area contributed by atoms with Crippen molar-refractivity contribution in [3.63, 3.8) is 0 Å². The summed E-state index contributed by atoms with van der Waals surface area (Å²) in [6.07, 6.45) is 3.03. The number of esters is 2. The van der Waals surface area contributed by atoms with Crippen LogP contribution in [0.3, 0.4) is 0 Å². The van der Waals surface area contributed by atoms with Crippen molar-refractivity contribution in [1.29, 1.82) is 0 Å². The summed E-state index contributed by atoms with van der Waals surface area (Å²) in [5, 5.41) is 1.82. The third kappa shape index (κ3) is 6.24.